The molecule has 1 N–H and O–H groups in total. The average molecular weight is 255 g/mol. The van der Waals surface area contributed by atoms with Gasteiger partial charge in [-0.3, -0.25) is 9.59 Å². The zero-order valence-corrected chi connectivity index (χ0v) is 9.74. The lowest BCUT2D eigenvalue weighted by Gasteiger charge is -2.23. The summed E-state index contributed by atoms with van der Waals surface area (Å²) in [5, 5.41) is 9.07. The highest BCUT2D eigenvalue weighted by Gasteiger charge is 2.29. The number of halogens is 1. The van der Waals surface area contributed by atoms with E-state index in [1.165, 1.54) is 0 Å². The lowest BCUT2D eigenvalue weighted by Crippen LogP contribution is -2.28. The van der Waals surface area contributed by atoms with E-state index < -0.39 is 11.9 Å². The van der Waals surface area contributed by atoms with Gasteiger partial charge in [-0.05, 0) is 24.6 Å². The molecule has 1 aromatic carbocycles. The van der Waals surface area contributed by atoms with Crippen molar-refractivity contribution in [1.29, 1.82) is 0 Å². The number of Topliss-reactive ketones (excluding diaryl/α,β-unsaturated/α-hetero) is 1. The van der Waals surface area contributed by atoms with Gasteiger partial charge in [0.15, 0.2) is 5.78 Å². The van der Waals surface area contributed by atoms with Crippen molar-refractivity contribution in [2.45, 2.75) is 12.8 Å². The quantitative estimate of drug-likeness (QED) is 0.900. The zero-order chi connectivity index (χ0) is 12.4. The molecule has 0 saturated heterocycles. The topological polar surface area (TPSA) is 63.6 Å². The Hall–Kier alpha value is -1.55. The van der Waals surface area contributed by atoms with E-state index in [0.29, 0.717) is 22.8 Å². The van der Waals surface area contributed by atoms with Crippen LogP contribution >= 0.6 is 11.6 Å². The number of benzene rings is 1. The van der Waals surface area contributed by atoms with Gasteiger partial charge in [-0.1, -0.05) is 11.6 Å². The summed E-state index contributed by atoms with van der Waals surface area (Å²) in [4.78, 5) is 22.5. The fraction of sp³-hybridized carbons (Fsp3) is 0.333. The van der Waals surface area contributed by atoms with E-state index in [0.717, 1.165) is 0 Å². The first-order chi connectivity index (χ1) is 8.08. The first-order valence-electron chi connectivity index (χ1n) is 5.26. The summed E-state index contributed by atoms with van der Waals surface area (Å²) in [6, 6.07) is 4.88. The Labute approximate surface area is 103 Å². The van der Waals surface area contributed by atoms with Gasteiger partial charge in [-0.25, -0.2) is 0 Å². The third kappa shape index (κ3) is 2.58. The van der Waals surface area contributed by atoms with Crippen molar-refractivity contribution in [1.82, 2.24) is 0 Å². The molecule has 17 heavy (non-hydrogen) atoms. The standard InChI is InChI=1S/C12H11ClO4/c13-8-2-3-10-9(5-8)12(16)7(6-17-10)1-4-11(14)15/h2-3,5,7H,1,4,6H2,(H,14,15). The highest BCUT2D eigenvalue weighted by Crippen LogP contribution is 2.31. The fourth-order valence-electron chi connectivity index (χ4n) is 1.82. The molecule has 0 aliphatic carbocycles. The number of hydrogen-bond donors (Lipinski definition) is 1. The molecular weight excluding hydrogens is 244 g/mol. The molecule has 1 aliphatic rings. The molecule has 0 spiro atoms. The van der Waals surface area contributed by atoms with Gasteiger partial charge in [0, 0.05) is 11.4 Å². The van der Waals surface area contributed by atoms with Crippen LogP contribution in [0.3, 0.4) is 0 Å². The smallest absolute Gasteiger partial charge is 0.303 e. The molecule has 1 aromatic rings. The van der Waals surface area contributed by atoms with Crippen LogP contribution in [0, 0.1) is 5.92 Å². The second-order valence-electron chi connectivity index (χ2n) is 3.95. The van der Waals surface area contributed by atoms with Crippen molar-refractivity contribution >= 4 is 23.4 Å². The second-order valence-corrected chi connectivity index (χ2v) is 4.38. The van der Waals surface area contributed by atoms with Gasteiger partial charge in [0.2, 0.25) is 0 Å². The van der Waals surface area contributed by atoms with Crippen LogP contribution in [-0.4, -0.2) is 23.5 Å². The van der Waals surface area contributed by atoms with E-state index in [4.69, 9.17) is 21.4 Å². The van der Waals surface area contributed by atoms with Gasteiger partial charge in [-0.2, -0.15) is 0 Å². The normalized spacial score (nSPS) is 18.4. The maximum atomic E-state index is 12.0. The lowest BCUT2D eigenvalue weighted by molar-refractivity contribution is -0.137. The highest BCUT2D eigenvalue weighted by atomic mass is 35.5. The summed E-state index contributed by atoms with van der Waals surface area (Å²) < 4.78 is 5.42. The Bertz CT molecular complexity index is 470. The molecule has 0 aromatic heterocycles. The summed E-state index contributed by atoms with van der Waals surface area (Å²) in [6.07, 6.45) is 0.260. The number of carbonyl (C=O) groups excluding carboxylic acids is 1. The molecule has 1 atom stereocenters. The Morgan fingerprint density at radius 2 is 2.29 bits per heavy atom. The summed E-state index contributed by atoms with van der Waals surface area (Å²) in [5.41, 5.74) is 0.444. The Kier molecular flexibility index (Phi) is 3.33. The first-order valence-corrected chi connectivity index (χ1v) is 5.64. The summed E-state index contributed by atoms with van der Waals surface area (Å²) >= 11 is 5.82. The van der Waals surface area contributed by atoms with Gasteiger partial charge in [0.25, 0.3) is 0 Å². The molecule has 1 aliphatic heterocycles. The molecule has 1 heterocycles. The van der Waals surface area contributed by atoms with Crippen LogP contribution in [-0.2, 0) is 4.79 Å². The van der Waals surface area contributed by atoms with Gasteiger partial charge in [-0.15, -0.1) is 0 Å². The molecule has 0 bridgehead atoms. The number of carbonyl (C=O) groups is 2. The number of rotatable bonds is 3. The monoisotopic (exact) mass is 254 g/mol. The number of aliphatic carboxylic acids is 1. The molecule has 1 unspecified atom stereocenters. The van der Waals surface area contributed by atoms with Crippen molar-refractivity contribution < 1.29 is 19.4 Å². The Balaban J connectivity index is 2.17. The summed E-state index contributed by atoms with van der Waals surface area (Å²) in [7, 11) is 0. The van der Waals surface area contributed by atoms with Crippen molar-refractivity contribution in [3.05, 3.63) is 28.8 Å². The van der Waals surface area contributed by atoms with Crippen LogP contribution in [0.2, 0.25) is 5.02 Å². The minimum Gasteiger partial charge on any atom is -0.492 e. The summed E-state index contributed by atoms with van der Waals surface area (Å²) in [5.74, 6) is -0.868. The van der Waals surface area contributed by atoms with Crippen molar-refractivity contribution in [3.8, 4) is 5.75 Å². The predicted molar refractivity (Wildman–Crippen MR) is 61.6 cm³/mol. The van der Waals surface area contributed by atoms with Gasteiger partial charge < -0.3 is 9.84 Å². The number of hydrogen-bond acceptors (Lipinski definition) is 3. The Morgan fingerprint density at radius 3 is 3.00 bits per heavy atom. The molecular formula is C12H11ClO4. The van der Waals surface area contributed by atoms with E-state index in [-0.39, 0.29) is 18.8 Å². The van der Waals surface area contributed by atoms with Crippen LogP contribution in [0.25, 0.3) is 0 Å². The maximum Gasteiger partial charge on any atom is 0.303 e. The van der Waals surface area contributed by atoms with Crippen molar-refractivity contribution in [2.75, 3.05) is 6.61 Å². The minimum atomic E-state index is -0.908. The molecule has 4 nitrogen and oxygen atoms in total. The third-order valence-corrected chi connectivity index (χ3v) is 2.96. The van der Waals surface area contributed by atoms with Crippen LogP contribution in [0.4, 0.5) is 0 Å². The number of carboxylic acids is 1. The lowest BCUT2D eigenvalue weighted by atomic mass is 9.91. The average Bonchev–Trinajstić information content (AvgIpc) is 2.29. The summed E-state index contributed by atoms with van der Waals surface area (Å²) in [6.45, 7) is 0.237. The zero-order valence-electron chi connectivity index (χ0n) is 8.98. The number of ketones is 1. The number of fused-ring (bicyclic) bond motifs is 1. The number of ether oxygens (including phenoxy) is 1. The molecule has 0 saturated carbocycles. The van der Waals surface area contributed by atoms with E-state index in [9.17, 15) is 9.59 Å². The van der Waals surface area contributed by atoms with Crippen LogP contribution in [0.15, 0.2) is 18.2 Å². The Morgan fingerprint density at radius 1 is 1.53 bits per heavy atom. The van der Waals surface area contributed by atoms with Crippen LogP contribution in [0.5, 0.6) is 5.75 Å². The van der Waals surface area contributed by atoms with E-state index >= 15 is 0 Å². The molecule has 0 radical (unpaired) electrons. The first kappa shape index (κ1) is 11.9. The molecule has 2 rings (SSSR count). The minimum absolute atomic E-state index is 0.0321. The van der Waals surface area contributed by atoms with Gasteiger partial charge >= 0.3 is 5.97 Å². The van der Waals surface area contributed by atoms with Crippen molar-refractivity contribution in [2.24, 2.45) is 5.92 Å². The molecule has 0 fully saturated rings. The SMILES string of the molecule is O=C(O)CCC1COc2ccc(Cl)cc2C1=O. The van der Waals surface area contributed by atoms with Gasteiger partial charge in [0.05, 0.1) is 18.1 Å². The van der Waals surface area contributed by atoms with E-state index in [1.807, 2.05) is 0 Å². The largest absolute Gasteiger partial charge is 0.492 e. The maximum absolute atomic E-state index is 12.0. The fourth-order valence-corrected chi connectivity index (χ4v) is 1.99. The number of carboxylic acid groups (broad SMARTS) is 1. The van der Waals surface area contributed by atoms with Crippen LogP contribution in [0.1, 0.15) is 23.2 Å². The molecule has 0 amide bonds. The van der Waals surface area contributed by atoms with E-state index in [2.05, 4.69) is 0 Å². The van der Waals surface area contributed by atoms with Crippen LogP contribution < -0.4 is 4.74 Å². The van der Waals surface area contributed by atoms with E-state index in [1.54, 1.807) is 18.2 Å². The van der Waals surface area contributed by atoms with Gasteiger partial charge in [0.1, 0.15) is 5.75 Å². The third-order valence-electron chi connectivity index (χ3n) is 2.72. The predicted octanol–water partition coefficient (Wildman–Crippen LogP) is 2.40. The highest BCUT2D eigenvalue weighted by molar-refractivity contribution is 6.31. The van der Waals surface area contributed by atoms with Crippen molar-refractivity contribution in [3.63, 3.8) is 0 Å². The second kappa shape index (κ2) is 4.75. The molecule has 90 valence electrons. The molecule has 5 heteroatoms.